The van der Waals surface area contributed by atoms with Crippen LogP contribution in [0.15, 0.2) is 121 Å². The Kier molecular flexibility index (Phi) is 4.68. The molecule has 1 atom stereocenters. The molecule has 1 unspecified atom stereocenters. The third-order valence-corrected chi connectivity index (χ3v) is 9.12. The fourth-order valence-corrected chi connectivity index (χ4v) is 7.31. The van der Waals surface area contributed by atoms with E-state index in [1.54, 1.807) is 0 Å². The number of aromatic nitrogens is 2. The van der Waals surface area contributed by atoms with Crippen molar-refractivity contribution in [3.05, 3.63) is 132 Å². The molecule has 8 aromatic rings. The molecule has 2 heterocycles. The Morgan fingerprint density at radius 2 is 1.44 bits per heavy atom. The maximum Gasteiger partial charge on any atom is 0.0541 e. The number of fused-ring (bicyclic) bond motifs is 10. The lowest BCUT2D eigenvalue weighted by Gasteiger charge is -2.23. The van der Waals surface area contributed by atoms with Gasteiger partial charge in [0.15, 0.2) is 0 Å². The second-order valence-corrected chi connectivity index (χ2v) is 11.5. The van der Waals surface area contributed by atoms with E-state index in [1.807, 2.05) is 0 Å². The van der Waals surface area contributed by atoms with Crippen molar-refractivity contribution in [2.75, 3.05) is 0 Å². The van der Waals surface area contributed by atoms with E-state index in [0.717, 1.165) is 6.42 Å². The maximum atomic E-state index is 3.82. The first-order valence-corrected chi connectivity index (χ1v) is 14.5. The van der Waals surface area contributed by atoms with E-state index in [2.05, 4.69) is 144 Å². The number of nitrogens with one attached hydrogen (secondary N) is 1. The standard InChI is InChI=1S/C39H28N2/c1-24-10-9-16-30-31(23-34-39(37(24)30)38-28-14-6-5-11-25(28)18-20-33(38)40-34)26-19-21-36-32(22-26)29-15-7-8-17-35(29)41(36)27-12-3-2-4-13-27/h2-9,11-24,40H,10H2,1H3. The third-order valence-electron chi connectivity index (χ3n) is 9.12. The van der Waals surface area contributed by atoms with E-state index in [-0.39, 0.29) is 0 Å². The van der Waals surface area contributed by atoms with Crippen LogP contribution in [-0.2, 0) is 0 Å². The third kappa shape index (κ3) is 3.19. The molecule has 2 nitrogen and oxygen atoms in total. The van der Waals surface area contributed by atoms with Crippen molar-refractivity contribution < 1.29 is 0 Å². The van der Waals surface area contributed by atoms with Crippen LogP contribution in [0.25, 0.3) is 77.3 Å². The number of allylic oxidation sites excluding steroid dienone is 1. The summed E-state index contributed by atoms with van der Waals surface area (Å²) in [5, 5.41) is 7.91. The average Bonchev–Trinajstić information content (AvgIpc) is 3.57. The molecule has 1 aliphatic carbocycles. The van der Waals surface area contributed by atoms with Crippen LogP contribution in [-0.4, -0.2) is 9.55 Å². The summed E-state index contributed by atoms with van der Waals surface area (Å²) >= 11 is 0. The second-order valence-electron chi connectivity index (χ2n) is 11.5. The van der Waals surface area contributed by atoms with Gasteiger partial charge in [0, 0.05) is 38.3 Å². The number of hydrogen-bond donors (Lipinski definition) is 1. The maximum absolute atomic E-state index is 3.82. The molecule has 194 valence electrons. The molecule has 0 amide bonds. The minimum absolute atomic E-state index is 0.444. The number of rotatable bonds is 2. The van der Waals surface area contributed by atoms with Crippen molar-refractivity contribution in [2.45, 2.75) is 19.3 Å². The van der Waals surface area contributed by atoms with Gasteiger partial charge in [0.05, 0.1) is 11.0 Å². The van der Waals surface area contributed by atoms with E-state index in [4.69, 9.17) is 0 Å². The molecule has 0 aliphatic heterocycles. The Morgan fingerprint density at radius 3 is 2.34 bits per heavy atom. The molecule has 0 bridgehead atoms. The highest BCUT2D eigenvalue weighted by molar-refractivity contribution is 6.22. The molecule has 6 aromatic carbocycles. The molecule has 2 heteroatoms. The molecule has 1 N–H and O–H groups in total. The van der Waals surface area contributed by atoms with Crippen LogP contribution < -0.4 is 0 Å². The van der Waals surface area contributed by atoms with Gasteiger partial charge in [-0.2, -0.15) is 0 Å². The molecule has 9 rings (SSSR count). The van der Waals surface area contributed by atoms with Gasteiger partial charge in [-0.25, -0.2) is 0 Å². The van der Waals surface area contributed by atoms with E-state index in [0.29, 0.717) is 5.92 Å². The van der Waals surface area contributed by atoms with Gasteiger partial charge in [0.2, 0.25) is 0 Å². The van der Waals surface area contributed by atoms with Gasteiger partial charge < -0.3 is 9.55 Å². The molecule has 0 saturated heterocycles. The molecular formula is C39H28N2. The Bertz CT molecular complexity index is 2350. The van der Waals surface area contributed by atoms with Gasteiger partial charge in [0.1, 0.15) is 0 Å². The van der Waals surface area contributed by atoms with Crippen molar-refractivity contribution in [2.24, 2.45) is 0 Å². The van der Waals surface area contributed by atoms with E-state index in [1.165, 1.54) is 82.3 Å². The largest absolute Gasteiger partial charge is 0.354 e. The van der Waals surface area contributed by atoms with Gasteiger partial charge in [-0.1, -0.05) is 91.9 Å². The molecule has 0 radical (unpaired) electrons. The Hall–Kier alpha value is -5.08. The van der Waals surface area contributed by atoms with Crippen LogP contribution in [0.4, 0.5) is 0 Å². The quantitative estimate of drug-likeness (QED) is 0.232. The monoisotopic (exact) mass is 524 g/mol. The topological polar surface area (TPSA) is 20.7 Å². The highest BCUT2D eigenvalue weighted by Gasteiger charge is 2.24. The SMILES string of the molecule is CC1CC=Cc2c(-c3ccc4c(c3)c3ccccc3n4-c3ccccc3)cc3[nH]c4ccc5ccccc5c4c3c21. The lowest BCUT2D eigenvalue weighted by Crippen LogP contribution is -2.03. The molecule has 41 heavy (non-hydrogen) atoms. The van der Waals surface area contributed by atoms with E-state index >= 15 is 0 Å². The number of H-pyrrole nitrogens is 1. The van der Waals surface area contributed by atoms with Gasteiger partial charge in [-0.05, 0) is 87.8 Å². The lowest BCUT2D eigenvalue weighted by molar-refractivity contribution is 0.780. The summed E-state index contributed by atoms with van der Waals surface area (Å²) in [7, 11) is 0. The van der Waals surface area contributed by atoms with Gasteiger partial charge in [-0.3, -0.25) is 0 Å². The zero-order valence-corrected chi connectivity index (χ0v) is 22.9. The number of nitrogens with zero attached hydrogens (tertiary/aromatic N) is 1. The molecule has 1 aliphatic rings. The molecule has 0 spiro atoms. The number of aromatic amines is 1. The van der Waals surface area contributed by atoms with Gasteiger partial charge in [-0.15, -0.1) is 0 Å². The summed E-state index contributed by atoms with van der Waals surface area (Å²) in [6.45, 7) is 2.38. The van der Waals surface area contributed by atoms with Crippen molar-refractivity contribution in [3.8, 4) is 16.8 Å². The van der Waals surface area contributed by atoms with E-state index < -0.39 is 0 Å². The Balaban J connectivity index is 1.36. The van der Waals surface area contributed by atoms with Crippen LogP contribution in [0.3, 0.4) is 0 Å². The van der Waals surface area contributed by atoms with Crippen LogP contribution in [0.1, 0.15) is 30.4 Å². The predicted octanol–water partition coefficient (Wildman–Crippen LogP) is 10.8. The minimum atomic E-state index is 0.444. The molecular weight excluding hydrogens is 496 g/mol. The molecule has 0 saturated carbocycles. The van der Waals surface area contributed by atoms with Crippen molar-refractivity contribution in [1.29, 1.82) is 0 Å². The zero-order chi connectivity index (χ0) is 27.1. The summed E-state index contributed by atoms with van der Waals surface area (Å²) in [4.78, 5) is 3.82. The number of hydrogen-bond acceptors (Lipinski definition) is 0. The highest BCUT2D eigenvalue weighted by atomic mass is 15.0. The summed E-state index contributed by atoms with van der Waals surface area (Å²) < 4.78 is 2.39. The van der Waals surface area contributed by atoms with Crippen molar-refractivity contribution >= 4 is 60.5 Å². The fourth-order valence-electron chi connectivity index (χ4n) is 7.31. The summed E-state index contributed by atoms with van der Waals surface area (Å²) in [6.07, 6.45) is 5.78. The lowest BCUT2D eigenvalue weighted by atomic mass is 9.81. The van der Waals surface area contributed by atoms with Crippen LogP contribution >= 0.6 is 0 Å². The number of para-hydroxylation sites is 2. The molecule has 0 fully saturated rings. The first-order valence-electron chi connectivity index (χ1n) is 14.5. The smallest absolute Gasteiger partial charge is 0.0541 e. The summed E-state index contributed by atoms with van der Waals surface area (Å²) in [6, 6.07) is 42.1. The van der Waals surface area contributed by atoms with Crippen LogP contribution in [0, 0.1) is 0 Å². The Morgan fingerprint density at radius 1 is 0.659 bits per heavy atom. The highest BCUT2D eigenvalue weighted by Crippen LogP contribution is 2.46. The van der Waals surface area contributed by atoms with Crippen LogP contribution in [0.2, 0.25) is 0 Å². The minimum Gasteiger partial charge on any atom is -0.354 e. The Labute approximate surface area is 238 Å². The van der Waals surface area contributed by atoms with Crippen molar-refractivity contribution in [3.63, 3.8) is 0 Å². The second kappa shape index (κ2) is 8.46. The first-order chi connectivity index (χ1) is 20.3. The fraction of sp³-hybridized carbons (Fsp3) is 0.0769. The van der Waals surface area contributed by atoms with Crippen LogP contribution in [0.5, 0.6) is 0 Å². The normalized spacial score (nSPS) is 15.0. The zero-order valence-electron chi connectivity index (χ0n) is 22.9. The average molecular weight is 525 g/mol. The van der Waals surface area contributed by atoms with Gasteiger partial charge >= 0.3 is 0 Å². The number of benzene rings is 6. The summed E-state index contributed by atoms with van der Waals surface area (Å²) in [5.41, 5.74) is 11.5. The van der Waals surface area contributed by atoms with E-state index in [9.17, 15) is 0 Å². The molecule has 2 aromatic heterocycles. The summed E-state index contributed by atoms with van der Waals surface area (Å²) in [5.74, 6) is 0.444. The first kappa shape index (κ1) is 22.7. The van der Waals surface area contributed by atoms with Gasteiger partial charge in [0.25, 0.3) is 0 Å². The predicted molar refractivity (Wildman–Crippen MR) is 175 cm³/mol. The van der Waals surface area contributed by atoms with Crippen molar-refractivity contribution in [1.82, 2.24) is 9.55 Å².